The smallest absolute Gasteiger partial charge is 0.310 e. The van der Waals surface area contributed by atoms with Crippen LogP contribution < -0.4 is 4.74 Å². The Hall–Kier alpha value is -1.55. The van der Waals surface area contributed by atoms with Gasteiger partial charge in [-0.25, -0.2) is 0 Å². The van der Waals surface area contributed by atoms with Crippen LogP contribution in [0.3, 0.4) is 0 Å². The van der Waals surface area contributed by atoms with Gasteiger partial charge in [-0.2, -0.15) is 0 Å². The van der Waals surface area contributed by atoms with Crippen LogP contribution in [0, 0.1) is 11.8 Å². The molecule has 0 fully saturated rings. The van der Waals surface area contributed by atoms with Crippen molar-refractivity contribution in [2.45, 2.75) is 33.3 Å². The predicted molar refractivity (Wildman–Crippen MR) is 73.1 cm³/mol. The Morgan fingerprint density at radius 2 is 1.84 bits per heavy atom. The van der Waals surface area contributed by atoms with Crippen molar-refractivity contribution >= 4 is 5.97 Å². The van der Waals surface area contributed by atoms with Crippen molar-refractivity contribution in [3.63, 3.8) is 0 Å². The van der Waals surface area contributed by atoms with Gasteiger partial charge in [0.15, 0.2) is 0 Å². The van der Waals surface area contributed by atoms with Crippen LogP contribution in [0.5, 0.6) is 5.75 Å². The summed E-state index contributed by atoms with van der Waals surface area (Å²) in [4.78, 5) is 11.3. The van der Waals surface area contributed by atoms with E-state index in [9.17, 15) is 15.0 Å². The maximum Gasteiger partial charge on any atom is 0.310 e. The monoisotopic (exact) mass is 266 g/mol. The van der Waals surface area contributed by atoms with Crippen molar-refractivity contribution in [1.82, 2.24) is 0 Å². The maximum absolute atomic E-state index is 11.3. The number of ether oxygens (including phenoxy) is 1. The molecule has 0 radical (unpaired) electrons. The number of carbonyl (C=O) groups is 1. The van der Waals surface area contributed by atoms with Crippen molar-refractivity contribution < 1.29 is 19.7 Å². The zero-order chi connectivity index (χ0) is 14.6. The van der Waals surface area contributed by atoms with Gasteiger partial charge in [0.1, 0.15) is 11.4 Å². The van der Waals surface area contributed by atoms with E-state index < -0.39 is 17.5 Å². The van der Waals surface area contributed by atoms with E-state index in [1.807, 2.05) is 6.92 Å². The number of benzene rings is 1. The highest BCUT2D eigenvalue weighted by atomic mass is 16.5. The molecule has 2 N–H and O–H groups in total. The Morgan fingerprint density at radius 3 is 2.21 bits per heavy atom. The number of rotatable bonds is 6. The third kappa shape index (κ3) is 3.47. The van der Waals surface area contributed by atoms with Crippen LogP contribution >= 0.6 is 0 Å². The van der Waals surface area contributed by atoms with E-state index in [1.54, 1.807) is 45.0 Å². The van der Waals surface area contributed by atoms with Crippen molar-refractivity contribution in [2.24, 2.45) is 11.8 Å². The number of hydrogen-bond acceptors (Lipinski definition) is 3. The number of aliphatic carboxylic acids is 1. The quantitative estimate of drug-likeness (QED) is 0.830. The Bertz CT molecular complexity index is 420. The third-order valence-electron chi connectivity index (χ3n) is 3.29. The topological polar surface area (TPSA) is 66.8 Å². The highest BCUT2D eigenvalue weighted by molar-refractivity contribution is 5.72. The molecule has 0 heterocycles. The van der Waals surface area contributed by atoms with Gasteiger partial charge in [0.2, 0.25) is 0 Å². The largest absolute Gasteiger partial charge is 0.494 e. The van der Waals surface area contributed by atoms with Gasteiger partial charge in [0.25, 0.3) is 0 Å². The summed E-state index contributed by atoms with van der Waals surface area (Å²) in [7, 11) is 0. The molecule has 0 spiro atoms. The van der Waals surface area contributed by atoms with Crippen molar-refractivity contribution in [1.29, 1.82) is 0 Å². The van der Waals surface area contributed by atoms with Crippen LogP contribution in [-0.2, 0) is 10.4 Å². The van der Waals surface area contributed by atoms with Gasteiger partial charge < -0.3 is 14.9 Å². The van der Waals surface area contributed by atoms with E-state index >= 15 is 0 Å². The fraction of sp³-hybridized carbons (Fsp3) is 0.533. The Balaban J connectivity index is 3.07. The Kier molecular flexibility index (Phi) is 4.95. The summed E-state index contributed by atoms with van der Waals surface area (Å²) in [6.07, 6.45) is 0. The van der Waals surface area contributed by atoms with Crippen molar-refractivity contribution in [3.8, 4) is 5.75 Å². The first-order valence-corrected chi connectivity index (χ1v) is 6.49. The van der Waals surface area contributed by atoms with Crippen molar-refractivity contribution in [2.75, 3.05) is 6.61 Å². The second-order valence-electron chi connectivity index (χ2n) is 5.16. The molecule has 0 aromatic heterocycles. The average molecular weight is 266 g/mol. The molecule has 2 unspecified atom stereocenters. The summed E-state index contributed by atoms with van der Waals surface area (Å²) < 4.78 is 5.33. The van der Waals surface area contributed by atoms with Crippen LogP contribution in [0.25, 0.3) is 0 Å². The summed E-state index contributed by atoms with van der Waals surface area (Å²) in [5.41, 5.74) is -0.831. The minimum atomic E-state index is -1.41. The summed E-state index contributed by atoms with van der Waals surface area (Å²) in [5, 5.41) is 19.9. The van der Waals surface area contributed by atoms with Gasteiger partial charge in [-0.15, -0.1) is 0 Å². The maximum atomic E-state index is 11.3. The van der Waals surface area contributed by atoms with E-state index in [2.05, 4.69) is 0 Å². The van der Waals surface area contributed by atoms with E-state index in [0.717, 1.165) is 0 Å². The van der Waals surface area contributed by atoms with Crippen LogP contribution in [-0.4, -0.2) is 22.8 Å². The van der Waals surface area contributed by atoms with Gasteiger partial charge >= 0.3 is 5.97 Å². The first-order valence-electron chi connectivity index (χ1n) is 6.49. The van der Waals surface area contributed by atoms with Gasteiger partial charge in [-0.3, -0.25) is 4.79 Å². The molecule has 0 aliphatic rings. The predicted octanol–water partition coefficient (Wildman–Crippen LogP) is 2.65. The first kappa shape index (κ1) is 15.5. The molecule has 4 heteroatoms. The summed E-state index contributed by atoms with van der Waals surface area (Å²) >= 11 is 0. The lowest BCUT2D eigenvalue weighted by Crippen LogP contribution is -2.40. The zero-order valence-corrected chi connectivity index (χ0v) is 11.9. The highest BCUT2D eigenvalue weighted by Crippen LogP contribution is 2.35. The van der Waals surface area contributed by atoms with Gasteiger partial charge in [-0.05, 0) is 37.5 Å². The molecule has 0 saturated heterocycles. The molecule has 0 saturated carbocycles. The molecule has 2 atom stereocenters. The number of aliphatic hydroxyl groups is 1. The lowest BCUT2D eigenvalue weighted by molar-refractivity contribution is -0.155. The Labute approximate surface area is 114 Å². The molecule has 1 aromatic rings. The van der Waals surface area contributed by atoms with Gasteiger partial charge in [0, 0.05) is 0 Å². The molecule has 0 aliphatic heterocycles. The van der Waals surface area contributed by atoms with E-state index in [0.29, 0.717) is 17.9 Å². The fourth-order valence-corrected chi connectivity index (χ4v) is 2.41. The molecule has 106 valence electrons. The van der Waals surface area contributed by atoms with E-state index in [1.165, 1.54) is 0 Å². The SMILES string of the molecule is CCOc1ccc(C(C)(O)C(C(=O)O)C(C)C)cc1. The zero-order valence-electron chi connectivity index (χ0n) is 11.9. The van der Waals surface area contributed by atoms with Gasteiger partial charge in [0.05, 0.1) is 12.5 Å². The molecule has 1 aromatic carbocycles. The fourth-order valence-electron chi connectivity index (χ4n) is 2.41. The number of hydrogen-bond donors (Lipinski definition) is 2. The van der Waals surface area contributed by atoms with E-state index in [4.69, 9.17) is 4.74 Å². The number of carboxylic acids is 1. The molecule has 0 amide bonds. The molecule has 4 nitrogen and oxygen atoms in total. The van der Waals surface area contributed by atoms with Crippen LogP contribution in [0.15, 0.2) is 24.3 Å². The second-order valence-corrected chi connectivity index (χ2v) is 5.16. The summed E-state index contributed by atoms with van der Waals surface area (Å²) in [6.45, 7) is 7.59. The van der Waals surface area contributed by atoms with Crippen molar-refractivity contribution in [3.05, 3.63) is 29.8 Å². The van der Waals surface area contributed by atoms with Crippen LogP contribution in [0.2, 0.25) is 0 Å². The second kappa shape index (κ2) is 6.06. The molecule has 0 bridgehead atoms. The average Bonchev–Trinajstić information content (AvgIpc) is 2.28. The minimum absolute atomic E-state index is 0.168. The summed E-state index contributed by atoms with van der Waals surface area (Å²) in [5.74, 6) is -1.31. The molecule has 1 rings (SSSR count). The molecule has 19 heavy (non-hydrogen) atoms. The van der Waals surface area contributed by atoms with Gasteiger partial charge in [-0.1, -0.05) is 26.0 Å². The lowest BCUT2D eigenvalue weighted by Gasteiger charge is -2.33. The lowest BCUT2D eigenvalue weighted by atomic mass is 9.76. The number of carboxylic acid groups (broad SMARTS) is 1. The summed E-state index contributed by atoms with van der Waals surface area (Å²) in [6, 6.07) is 6.91. The van der Waals surface area contributed by atoms with Crippen LogP contribution in [0.1, 0.15) is 33.3 Å². The van der Waals surface area contributed by atoms with Crippen LogP contribution in [0.4, 0.5) is 0 Å². The molecular formula is C15H22O4. The normalized spacial score (nSPS) is 15.9. The highest BCUT2D eigenvalue weighted by Gasteiger charge is 2.40. The Morgan fingerprint density at radius 1 is 1.32 bits per heavy atom. The molecule has 0 aliphatic carbocycles. The minimum Gasteiger partial charge on any atom is -0.494 e. The first-order chi connectivity index (χ1) is 8.80. The standard InChI is InChI=1S/C15H22O4/c1-5-19-12-8-6-11(7-9-12)15(4,18)13(10(2)3)14(16)17/h6-10,13,18H,5H2,1-4H3,(H,16,17). The third-order valence-corrected chi connectivity index (χ3v) is 3.29. The molecular weight excluding hydrogens is 244 g/mol. The van der Waals surface area contributed by atoms with E-state index in [-0.39, 0.29) is 5.92 Å².